The summed E-state index contributed by atoms with van der Waals surface area (Å²) in [6.07, 6.45) is 3.76. The van der Waals surface area contributed by atoms with E-state index in [1.54, 1.807) is 43.5 Å². The van der Waals surface area contributed by atoms with E-state index in [9.17, 15) is 9.59 Å². The molecule has 1 aromatic heterocycles. The van der Waals surface area contributed by atoms with Crippen LogP contribution in [0.25, 0.3) is 0 Å². The summed E-state index contributed by atoms with van der Waals surface area (Å²) in [4.78, 5) is 38.8. The van der Waals surface area contributed by atoms with Crippen LogP contribution in [0.15, 0.2) is 72.9 Å². The van der Waals surface area contributed by atoms with Gasteiger partial charge in [-0.2, -0.15) is 4.98 Å². The number of ether oxygens (including phenoxy) is 3. The van der Waals surface area contributed by atoms with Crippen LogP contribution in [-0.4, -0.2) is 73.9 Å². The van der Waals surface area contributed by atoms with Crippen LogP contribution in [0, 0.1) is 25.6 Å². The molecule has 0 spiro atoms. The summed E-state index contributed by atoms with van der Waals surface area (Å²) in [5, 5.41) is 5.86. The van der Waals surface area contributed by atoms with Crippen molar-refractivity contribution in [2.45, 2.75) is 39.5 Å². The van der Waals surface area contributed by atoms with Gasteiger partial charge in [0, 0.05) is 56.6 Å². The summed E-state index contributed by atoms with van der Waals surface area (Å²) in [5.41, 5.74) is 3.55. The van der Waals surface area contributed by atoms with Gasteiger partial charge in [0.05, 0.1) is 18.9 Å². The molecule has 0 aliphatic carbocycles. The number of piperidine rings is 1. The normalized spacial score (nSPS) is 14.5. The molecule has 1 atom stereocenters. The minimum Gasteiger partial charge on any atom is -0.490 e. The lowest BCUT2D eigenvalue weighted by molar-refractivity contribution is -0.121. The van der Waals surface area contributed by atoms with Gasteiger partial charge in [0.25, 0.3) is 0 Å². The molecule has 1 aliphatic heterocycles. The smallest absolute Gasteiger partial charge is 0.425 e. The maximum absolute atomic E-state index is 15.1. The second kappa shape index (κ2) is 17.5. The van der Waals surface area contributed by atoms with E-state index in [4.69, 9.17) is 14.2 Å². The van der Waals surface area contributed by atoms with E-state index in [1.807, 2.05) is 38.1 Å². The van der Waals surface area contributed by atoms with Crippen molar-refractivity contribution in [1.29, 1.82) is 0 Å². The Morgan fingerprint density at radius 3 is 2.62 bits per heavy atom. The molecule has 2 heterocycles. The third-order valence-electron chi connectivity index (χ3n) is 8.47. The van der Waals surface area contributed by atoms with Crippen LogP contribution in [-0.2, 0) is 16.0 Å². The molecule has 2 N–H and O–H groups in total. The summed E-state index contributed by atoms with van der Waals surface area (Å²) in [7, 11) is 3.67. The van der Waals surface area contributed by atoms with Crippen molar-refractivity contribution in [2.24, 2.45) is 5.92 Å². The highest BCUT2D eigenvalue weighted by molar-refractivity contribution is 5.98. The molecule has 264 valence electrons. The molecule has 0 saturated carbocycles. The Kier molecular flexibility index (Phi) is 12.7. The molecule has 1 saturated heterocycles. The van der Waals surface area contributed by atoms with Crippen molar-refractivity contribution in [3.05, 3.63) is 95.4 Å². The number of rotatable bonds is 14. The van der Waals surface area contributed by atoms with Crippen LogP contribution >= 0.6 is 0 Å². The van der Waals surface area contributed by atoms with Gasteiger partial charge < -0.3 is 29.7 Å². The summed E-state index contributed by atoms with van der Waals surface area (Å²) in [6, 6.07) is 19.0. The molecule has 1 aliphatic rings. The summed E-state index contributed by atoms with van der Waals surface area (Å²) in [5.74, 6) is 0.712. The number of amides is 2. The number of carbonyl (C=O) groups is 2. The molecular formula is C38H45FN6O5. The van der Waals surface area contributed by atoms with Crippen molar-refractivity contribution in [3.8, 4) is 11.5 Å². The van der Waals surface area contributed by atoms with Gasteiger partial charge in [0.1, 0.15) is 11.6 Å². The van der Waals surface area contributed by atoms with E-state index in [0.29, 0.717) is 49.2 Å². The lowest BCUT2D eigenvalue weighted by Gasteiger charge is -2.29. The molecule has 3 aromatic carbocycles. The number of nitrogens with one attached hydrogen (secondary N) is 2. The maximum atomic E-state index is 15.1. The Bertz CT molecular complexity index is 1750. The van der Waals surface area contributed by atoms with E-state index in [-0.39, 0.29) is 29.8 Å². The molecule has 1 unspecified atom stereocenters. The van der Waals surface area contributed by atoms with Gasteiger partial charge in [0.15, 0.2) is 11.6 Å². The van der Waals surface area contributed by atoms with E-state index in [0.717, 1.165) is 42.6 Å². The number of hydrogen-bond donors (Lipinski definition) is 2. The Balaban J connectivity index is 1.31. The molecule has 1 fully saturated rings. The number of para-hydroxylation sites is 1. The SMILES string of the molecule is COCCNC(=O)CCc1cccc(OC(=O)N(c2ccnc(Nc3ccc(OCC4CCCN(C)C4)c(F)c3)n2)c2c(C)cccc2C)c1. The quantitative estimate of drug-likeness (QED) is 0.140. The van der Waals surface area contributed by atoms with Gasteiger partial charge in [-0.05, 0) is 87.7 Å². The molecule has 0 bridgehead atoms. The van der Waals surface area contributed by atoms with Gasteiger partial charge in [-0.15, -0.1) is 0 Å². The van der Waals surface area contributed by atoms with Crippen LogP contribution in [0.2, 0.25) is 0 Å². The highest BCUT2D eigenvalue weighted by atomic mass is 19.1. The number of nitrogens with zero attached hydrogens (tertiary/aromatic N) is 4. The number of aryl methyl sites for hydroxylation is 3. The molecule has 50 heavy (non-hydrogen) atoms. The molecule has 0 radical (unpaired) electrons. The van der Waals surface area contributed by atoms with Crippen LogP contribution in [0.1, 0.15) is 36.0 Å². The first kappa shape index (κ1) is 36.2. The highest BCUT2D eigenvalue weighted by Crippen LogP contribution is 2.33. The first-order valence-electron chi connectivity index (χ1n) is 16.8. The standard InChI is InChI=1S/C38H45FN6O5/c1-26-8-5-9-27(2)36(26)45(38(47)50-31-12-6-10-28(22-31)13-16-35(46)40-19-21-48-4)34-17-18-41-37(43-34)42-30-14-15-33(32(39)23-30)49-25-29-11-7-20-44(3)24-29/h5-6,8-10,12,14-15,17-18,22-23,29H,7,11,13,16,19-21,24-25H2,1-4H3,(H,40,46)(H,41,42,43). The van der Waals surface area contributed by atoms with Gasteiger partial charge >= 0.3 is 6.09 Å². The predicted molar refractivity (Wildman–Crippen MR) is 191 cm³/mol. The second-order valence-corrected chi connectivity index (χ2v) is 12.5. The average Bonchev–Trinajstić information content (AvgIpc) is 3.09. The Hall–Kier alpha value is -5.07. The van der Waals surface area contributed by atoms with Crippen molar-refractivity contribution in [1.82, 2.24) is 20.2 Å². The molecular weight excluding hydrogens is 639 g/mol. The van der Waals surface area contributed by atoms with E-state index >= 15 is 4.39 Å². The number of carbonyl (C=O) groups excluding carboxylic acids is 2. The number of methoxy groups -OCH3 is 1. The summed E-state index contributed by atoms with van der Waals surface area (Å²) < 4.78 is 31.8. The summed E-state index contributed by atoms with van der Waals surface area (Å²) >= 11 is 0. The lowest BCUT2D eigenvalue weighted by Crippen LogP contribution is -2.34. The largest absolute Gasteiger partial charge is 0.490 e. The number of benzene rings is 3. The monoisotopic (exact) mass is 684 g/mol. The number of anilines is 4. The van der Waals surface area contributed by atoms with Gasteiger partial charge in [-0.1, -0.05) is 30.3 Å². The topological polar surface area (TPSA) is 118 Å². The number of aromatic nitrogens is 2. The Labute approximate surface area is 292 Å². The molecule has 11 nitrogen and oxygen atoms in total. The average molecular weight is 685 g/mol. The third kappa shape index (κ3) is 9.99. The Morgan fingerprint density at radius 2 is 1.86 bits per heavy atom. The zero-order valence-electron chi connectivity index (χ0n) is 29.1. The predicted octanol–water partition coefficient (Wildman–Crippen LogP) is 6.73. The first-order chi connectivity index (χ1) is 24.2. The third-order valence-corrected chi connectivity index (χ3v) is 8.47. The Morgan fingerprint density at radius 1 is 1.06 bits per heavy atom. The van der Waals surface area contributed by atoms with Crippen LogP contribution in [0.5, 0.6) is 11.5 Å². The van der Waals surface area contributed by atoms with Crippen molar-refractivity contribution in [2.75, 3.05) is 57.2 Å². The zero-order chi connectivity index (χ0) is 35.5. The highest BCUT2D eigenvalue weighted by Gasteiger charge is 2.26. The van der Waals surface area contributed by atoms with Gasteiger partial charge in [-0.3, -0.25) is 4.79 Å². The van der Waals surface area contributed by atoms with Crippen LogP contribution < -0.4 is 25.0 Å². The van der Waals surface area contributed by atoms with Gasteiger partial charge in [-0.25, -0.2) is 19.1 Å². The van der Waals surface area contributed by atoms with Crippen LogP contribution in [0.4, 0.5) is 32.3 Å². The minimum atomic E-state index is -0.682. The van der Waals surface area contributed by atoms with Crippen LogP contribution in [0.3, 0.4) is 0 Å². The number of hydrogen-bond acceptors (Lipinski definition) is 9. The second-order valence-electron chi connectivity index (χ2n) is 12.5. The fraction of sp³-hybridized carbons (Fsp3) is 0.368. The lowest BCUT2D eigenvalue weighted by atomic mass is 10.00. The van der Waals surface area contributed by atoms with E-state index in [1.165, 1.54) is 17.2 Å². The van der Waals surface area contributed by atoms with Crippen molar-refractivity contribution in [3.63, 3.8) is 0 Å². The molecule has 5 rings (SSSR count). The van der Waals surface area contributed by atoms with E-state index in [2.05, 4.69) is 32.5 Å². The first-order valence-corrected chi connectivity index (χ1v) is 16.8. The minimum absolute atomic E-state index is 0.0892. The number of halogens is 1. The van der Waals surface area contributed by atoms with E-state index < -0.39 is 11.9 Å². The van der Waals surface area contributed by atoms with Crippen molar-refractivity contribution >= 4 is 35.1 Å². The maximum Gasteiger partial charge on any atom is 0.425 e. The zero-order valence-corrected chi connectivity index (χ0v) is 29.1. The molecule has 12 heteroatoms. The molecule has 2 amide bonds. The molecule has 4 aromatic rings. The van der Waals surface area contributed by atoms with Crippen molar-refractivity contribution < 1.29 is 28.2 Å². The number of likely N-dealkylation sites (tertiary alicyclic amines) is 1. The fourth-order valence-electron chi connectivity index (χ4n) is 5.98. The van der Waals surface area contributed by atoms with Gasteiger partial charge in [0.2, 0.25) is 11.9 Å². The summed E-state index contributed by atoms with van der Waals surface area (Å²) in [6.45, 7) is 7.16. The fourth-order valence-corrected chi connectivity index (χ4v) is 5.98.